The third-order valence-electron chi connectivity index (χ3n) is 6.02. The number of hydrogen-bond donors (Lipinski definition) is 2. The molecule has 5 nitrogen and oxygen atoms in total. The highest BCUT2D eigenvalue weighted by atomic mass is 19.1. The zero-order valence-electron chi connectivity index (χ0n) is 18.7. The van der Waals surface area contributed by atoms with Crippen molar-refractivity contribution < 1.29 is 18.7 Å². The quantitative estimate of drug-likeness (QED) is 0.705. The number of ether oxygens (including phenoxy) is 1. The molecule has 0 aromatic heterocycles. The fourth-order valence-electron chi connectivity index (χ4n) is 4.72. The number of carbonyl (C=O) groups is 2. The van der Waals surface area contributed by atoms with E-state index in [1.54, 1.807) is 13.2 Å². The summed E-state index contributed by atoms with van der Waals surface area (Å²) in [5.74, 6) is -0.789. The second-order valence-corrected chi connectivity index (χ2v) is 9.14. The number of allylic oxidation sites excluding steroid dienone is 3. The lowest BCUT2D eigenvalue weighted by atomic mass is 9.68. The van der Waals surface area contributed by atoms with E-state index in [1.165, 1.54) is 18.2 Å². The molecule has 6 heteroatoms. The molecule has 2 aromatic rings. The van der Waals surface area contributed by atoms with Crippen LogP contribution in [-0.2, 0) is 9.59 Å². The number of ketones is 1. The minimum absolute atomic E-state index is 0.0169. The van der Waals surface area contributed by atoms with Crippen LogP contribution in [0.3, 0.4) is 0 Å². The van der Waals surface area contributed by atoms with Crippen LogP contribution in [0.2, 0.25) is 0 Å². The molecule has 2 N–H and O–H groups in total. The lowest BCUT2D eigenvalue weighted by Crippen LogP contribution is -2.39. The maximum absolute atomic E-state index is 13.7. The maximum atomic E-state index is 13.7. The number of hydrogen-bond acceptors (Lipinski definition) is 4. The summed E-state index contributed by atoms with van der Waals surface area (Å²) in [6, 6.07) is 13.2. The highest BCUT2D eigenvalue weighted by Gasteiger charge is 2.43. The van der Waals surface area contributed by atoms with Crippen LogP contribution in [-0.4, -0.2) is 18.8 Å². The molecule has 1 aliphatic heterocycles. The largest absolute Gasteiger partial charge is 0.496 e. The number of benzene rings is 2. The van der Waals surface area contributed by atoms with E-state index in [4.69, 9.17) is 4.74 Å². The Labute approximate surface area is 187 Å². The smallest absolute Gasteiger partial charge is 0.254 e. The Bertz CT molecular complexity index is 1160. The molecule has 0 radical (unpaired) electrons. The number of halogens is 1. The molecule has 0 saturated carbocycles. The van der Waals surface area contributed by atoms with E-state index in [-0.39, 0.29) is 17.1 Å². The highest BCUT2D eigenvalue weighted by molar-refractivity contribution is 6.10. The summed E-state index contributed by atoms with van der Waals surface area (Å²) < 4.78 is 19.3. The van der Waals surface area contributed by atoms with Gasteiger partial charge < -0.3 is 15.4 Å². The van der Waals surface area contributed by atoms with Gasteiger partial charge in [0.25, 0.3) is 5.91 Å². The van der Waals surface area contributed by atoms with E-state index in [1.807, 2.05) is 31.2 Å². The number of anilines is 1. The van der Waals surface area contributed by atoms with Gasteiger partial charge in [0.15, 0.2) is 5.78 Å². The van der Waals surface area contributed by atoms with Crippen molar-refractivity contribution in [2.45, 2.75) is 39.5 Å². The van der Waals surface area contributed by atoms with Gasteiger partial charge in [0.2, 0.25) is 0 Å². The zero-order chi connectivity index (χ0) is 23.0. The van der Waals surface area contributed by atoms with Crippen LogP contribution in [0.15, 0.2) is 71.1 Å². The van der Waals surface area contributed by atoms with Gasteiger partial charge >= 0.3 is 0 Å². The molecule has 1 unspecified atom stereocenters. The first kappa shape index (κ1) is 21.8. The predicted molar refractivity (Wildman–Crippen MR) is 122 cm³/mol. The minimum atomic E-state index is -0.584. The lowest BCUT2D eigenvalue weighted by molar-refractivity contribution is -0.118. The number of para-hydroxylation sites is 1. The first-order chi connectivity index (χ1) is 15.2. The SMILES string of the molecule is COc1ccccc1C1C(C(=O)Nc2cccc(F)c2)=C(C)NC2=C1C(=O)CC(C)(C)C2. The molecule has 0 spiro atoms. The van der Waals surface area contributed by atoms with E-state index in [0.717, 1.165) is 11.3 Å². The molecule has 166 valence electrons. The molecule has 1 atom stereocenters. The Balaban J connectivity index is 1.84. The molecule has 0 saturated heterocycles. The van der Waals surface area contributed by atoms with E-state index >= 15 is 0 Å². The molecule has 0 bridgehead atoms. The zero-order valence-corrected chi connectivity index (χ0v) is 18.7. The van der Waals surface area contributed by atoms with Crippen LogP contribution in [0.1, 0.15) is 45.1 Å². The monoisotopic (exact) mass is 434 g/mol. The number of Topliss-reactive ketones (excluding diaryl/α,β-unsaturated/α-hetero) is 1. The second kappa shape index (κ2) is 8.26. The summed E-state index contributed by atoms with van der Waals surface area (Å²) in [4.78, 5) is 26.8. The van der Waals surface area contributed by atoms with Gasteiger partial charge in [0, 0.05) is 40.2 Å². The van der Waals surface area contributed by atoms with Crippen LogP contribution >= 0.6 is 0 Å². The lowest BCUT2D eigenvalue weighted by Gasteiger charge is -2.40. The van der Waals surface area contributed by atoms with Gasteiger partial charge in [-0.15, -0.1) is 0 Å². The van der Waals surface area contributed by atoms with Crippen LogP contribution < -0.4 is 15.4 Å². The number of amides is 1. The summed E-state index contributed by atoms with van der Waals surface area (Å²) in [5.41, 5.74) is 3.47. The number of carbonyl (C=O) groups excluding carboxylic acids is 2. The third-order valence-corrected chi connectivity index (χ3v) is 6.02. The van der Waals surface area contributed by atoms with Crippen molar-refractivity contribution in [3.8, 4) is 5.75 Å². The second-order valence-electron chi connectivity index (χ2n) is 9.14. The standard InChI is InChI=1S/C26H27FN2O3/c1-15-22(25(31)29-17-9-7-8-16(27)12-17)23(18-10-5-6-11-21(18)32-4)24-19(28-15)13-26(2,3)14-20(24)30/h5-12,23,28H,13-14H2,1-4H3,(H,29,31). The average molecular weight is 435 g/mol. The Hall–Kier alpha value is -3.41. The van der Waals surface area contributed by atoms with Crippen molar-refractivity contribution in [2.75, 3.05) is 12.4 Å². The summed E-state index contributed by atoms with van der Waals surface area (Å²) in [7, 11) is 1.57. The number of methoxy groups -OCH3 is 1. The fraction of sp³-hybridized carbons (Fsp3) is 0.308. The van der Waals surface area contributed by atoms with Crippen molar-refractivity contribution in [3.63, 3.8) is 0 Å². The van der Waals surface area contributed by atoms with Gasteiger partial charge in [0.1, 0.15) is 11.6 Å². The molecule has 2 aromatic carbocycles. The summed E-state index contributed by atoms with van der Waals surface area (Å²) in [5, 5.41) is 6.13. The predicted octanol–water partition coefficient (Wildman–Crippen LogP) is 5.08. The van der Waals surface area contributed by atoms with Crippen LogP contribution in [0.4, 0.5) is 10.1 Å². The van der Waals surface area contributed by atoms with Gasteiger partial charge in [0.05, 0.1) is 13.0 Å². The van der Waals surface area contributed by atoms with Crippen LogP contribution in [0, 0.1) is 11.2 Å². The Morgan fingerprint density at radius 1 is 1.16 bits per heavy atom. The van der Waals surface area contributed by atoms with Crippen molar-refractivity contribution in [1.29, 1.82) is 0 Å². The number of dihydropyridines is 1. The minimum Gasteiger partial charge on any atom is -0.496 e. The molecule has 32 heavy (non-hydrogen) atoms. The number of nitrogens with one attached hydrogen (secondary N) is 2. The topological polar surface area (TPSA) is 67.4 Å². The van der Waals surface area contributed by atoms with Gasteiger partial charge in [-0.25, -0.2) is 4.39 Å². The summed E-state index contributed by atoms with van der Waals surface area (Å²) in [6.45, 7) is 5.97. The van der Waals surface area contributed by atoms with Crippen LogP contribution in [0.5, 0.6) is 5.75 Å². The normalized spacial score (nSPS) is 19.9. The van der Waals surface area contributed by atoms with Crippen LogP contribution in [0.25, 0.3) is 0 Å². The van der Waals surface area contributed by atoms with Gasteiger partial charge in [-0.05, 0) is 43.0 Å². The molecule has 4 rings (SSSR count). The average Bonchev–Trinajstić information content (AvgIpc) is 2.71. The van der Waals surface area contributed by atoms with Crippen molar-refractivity contribution in [1.82, 2.24) is 5.32 Å². The first-order valence-corrected chi connectivity index (χ1v) is 10.6. The Kier molecular flexibility index (Phi) is 5.63. The molecule has 1 amide bonds. The van der Waals surface area contributed by atoms with E-state index in [0.29, 0.717) is 41.1 Å². The summed E-state index contributed by atoms with van der Waals surface area (Å²) >= 11 is 0. The molecule has 1 heterocycles. The molecule has 2 aliphatic rings. The Morgan fingerprint density at radius 2 is 1.91 bits per heavy atom. The van der Waals surface area contributed by atoms with Gasteiger partial charge in [-0.2, -0.15) is 0 Å². The van der Waals surface area contributed by atoms with E-state index < -0.39 is 11.7 Å². The van der Waals surface area contributed by atoms with E-state index in [2.05, 4.69) is 24.5 Å². The molecule has 0 fully saturated rings. The van der Waals surface area contributed by atoms with Crippen molar-refractivity contribution >= 4 is 17.4 Å². The Morgan fingerprint density at radius 3 is 2.62 bits per heavy atom. The third kappa shape index (κ3) is 4.05. The van der Waals surface area contributed by atoms with E-state index in [9.17, 15) is 14.0 Å². The molecular formula is C26H27FN2O3. The van der Waals surface area contributed by atoms with Crippen molar-refractivity contribution in [2.24, 2.45) is 5.41 Å². The van der Waals surface area contributed by atoms with Gasteiger partial charge in [-0.3, -0.25) is 9.59 Å². The molecular weight excluding hydrogens is 407 g/mol. The fourth-order valence-corrected chi connectivity index (χ4v) is 4.72. The van der Waals surface area contributed by atoms with Crippen molar-refractivity contribution in [3.05, 3.63) is 82.5 Å². The summed E-state index contributed by atoms with van der Waals surface area (Å²) in [6.07, 6.45) is 1.10. The molecule has 1 aliphatic carbocycles. The first-order valence-electron chi connectivity index (χ1n) is 10.6. The maximum Gasteiger partial charge on any atom is 0.254 e. The van der Waals surface area contributed by atoms with Gasteiger partial charge in [-0.1, -0.05) is 38.1 Å². The highest BCUT2D eigenvalue weighted by Crippen LogP contribution is 2.48. The number of rotatable bonds is 4.